The molecule has 2 unspecified atom stereocenters. The van der Waals surface area contributed by atoms with Gasteiger partial charge >= 0.3 is 0 Å². The highest BCUT2D eigenvalue weighted by Gasteiger charge is 2.30. The van der Waals surface area contributed by atoms with Crippen molar-refractivity contribution < 1.29 is 4.42 Å². The minimum Gasteiger partial charge on any atom is -0.455 e. The highest BCUT2D eigenvalue weighted by molar-refractivity contribution is 6.11. The third kappa shape index (κ3) is 6.79. The Labute approximate surface area is 397 Å². The molecular formula is C65H52N2O. The molecular weight excluding hydrogens is 825 g/mol. The molecule has 11 aromatic rings. The number of hydrogen-bond acceptors (Lipinski definition) is 2. The molecule has 328 valence electrons. The van der Waals surface area contributed by atoms with Gasteiger partial charge in [0.1, 0.15) is 11.2 Å². The zero-order valence-corrected chi connectivity index (χ0v) is 38.4. The van der Waals surface area contributed by atoms with Crippen molar-refractivity contribution in [1.82, 2.24) is 4.57 Å². The normalized spacial score (nSPS) is 16.6. The zero-order chi connectivity index (χ0) is 45.1. The van der Waals surface area contributed by atoms with E-state index in [1.54, 1.807) is 0 Å². The first-order chi connectivity index (χ1) is 33.7. The van der Waals surface area contributed by atoms with Crippen LogP contribution < -0.4 is 4.90 Å². The van der Waals surface area contributed by atoms with Crippen LogP contribution in [0.5, 0.6) is 0 Å². The molecule has 2 aromatic heterocycles. The molecule has 9 aromatic carbocycles. The fourth-order valence-corrected chi connectivity index (χ4v) is 11.8. The van der Waals surface area contributed by atoms with E-state index in [0.717, 1.165) is 33.2 Å². The maximum Gasteiger partial charge on any atom is 0.143 e. The van der Waals surface area contributed by atoms with Crippen molar-refractivity contribution in [3.8, 4) is 27.9 Å². The summed E-state index contributed by atoms with van der Waals surface area (Å²) in [5.41, 5.74) is 16.6. The molecule has 0 saturated heterocycles. The van der Waals surface area contributed by atoms with Gasteiger partial charge in [0, 0.05) is 49.7 Å². The minimum absolute atomic E-state index is 0.0337. The molecule has 2 atom stereocenters. The summed E-state index contributed by atoms with van der Waals surface area (Å²) in [4.78, 5) is 2.61. The number of fused-ring (bicyclic) bond motifs is 7. The Hall–Kier alpha value is -7.88. The van der Waals surface area contributed by atoms with E-state index in [4.69, 9.17) is 4.42 Å². The van der Waals surface area contributed by atoms with Crippen LogP contribution in [0.2, 0.25) is 0 Å². The van der Waals surface area contributed by atoms with Crippen molar-refractivity contribution in [1.29, 1.82) is 0 Å². The Morgan fingerprint density at radius 1 is 0.529 bits per heavy atom. The van der Waals surface area contributed by atoms with E-state index in [9.17, 15) is 0 Å². The molecule has 0 N–H and O–H groups in total. The Morgan fingerprint density at radius 2 is 1.21 bits per heavy atom. The van der Waals surface area contributed by atoms with Gasteiger partial charge in [-0.2, -0.15) is 0 Å². The fraction of sp³-hybridized carbons (Fsp3) is 0.138. The molecule has 2 aliphatic carbocycles. The lowest BCUT2D eigenvalue weighted by Gasteiger charge is -2.38. The van der Waals surface area contributed by atoms with E-state index >= 15 is 0 Å². The largest absolute Gasteiger partial charge is 0.455 e. The Kier molecular flexibility index (Phi) is 9.96. The Bertz CT molecular complexity index is 3740. The SMILES string of the molecule is CC1C=C(c2cccc3c2oc2ccccc23)C=CC1N(c1ccc(-c2ccc3c4ccccc4n(-c4ccccc4)c3c2)cc1)c1ccccc1-c1cccc2cccc(C3CCCCC3)c12. The summed E-state index contributed by atoms with van der Waals surface area (Å²) in [6.07, 6.45) is 13.7. The highest BCUT2D eigenvalue weighted by atomic mass is 16.3. The van der Waals surface area contributed by atoms with Crippen molar-refractivity contribution >= 4 is 71.5 Å². The summed E-state index contributed by atoms with van der Waals surface area (Å²) in [6.45, 7) is 2.37. The lowest BCUT2D eigenvalue weighted by Crippen LogP contribution is -2.35. The van der Waals surface area contributed by atoms with Gasteiger partial charge in [-0.25, -0.2) is 0 Å². The quantitative estimate of drug-likeness (QED) is 0.152. The van der Waals surface area contributed by atoms with Crippen LogP contribution in [0.4, 0.5) is 11.4 Å². The third-order valence-corrected chi connectivity index (χ3v) is 15.1. The van der Waals surface area contributed by atoms with Crippen molar-refractivity contribution in [3.05, 3.63) is 230 Å². The second-order valence-corrected chi connectivity index (χ2v) is 19.1. The third-order valence-electron chi connectivity index (χ3n) is 15.1. The topological polar surface area (TPSA) is 21.3 Å². The van der Waals surface area contributed by atoms with Gasteiger partial charge in [0.15, 0.2) is 0 Å². The van der Waals surface area contributed by atoms with Gasteiger partial charge in [-0.15, -0.1) is 0 Å². The molecule has 0 bridgehead atoms. The van der Waals surface area contributed by atoms with Gasteiger partial charge in [-0.3, -0.25) is 0 Å². The molecule has 2 aliphatic rings. The number of para-hydroxylation sites is 5. The summed E-state index contributed by atoms with van der Waals surface area (Å²) in [7, 11) is 0. The predicted octanol–water partition coefficient (Wildman–Crippen LogP) is 18.0. The van der Waals surface area contributed by atoms with E-state index in [2.05, 4.69) is 235 Å². The Morgan fingerprint density at radius 3 is 2.06 bits per heavy atom. The number of anilines is 2. The van der Waals surface area contributed by atoms with Crippen LogP contribution in [0.15, 0.2) is 223 Å². The van der Waals surface area contributed by atoms with Crippen LogP contribution in [0, 0.1) is 5.92 Å². The number of aromatic nitrogens is 1. The van der Waals surface area contributed by atoms with Crippen molar-refractivity contribution in [2.45, 2.75) is 51.0 Å². The van der Waals surface area contributed by atoms with E-state index in [1.807, 2.05) is 0 Å². The van der Waals surface area contributed by atoms with E-state index in [1.165, 1.54) is 109 Å². The van der Waals surface area contributed by atoms with Gasteiger partial charge in [0.05, 0.1) is 17.1 Å². The second kappa shape index (κ2) is 16.8. The molecule has 13 rings (SSSR count). The van der Waals surface area contributed by atoms with E-state index in [0.29, 0.717) is 5.92 Å². The average molecular weight is 877 g/mol. The van der Waals surface area contributed by atoms with Crippen molar-refractivity contribution in [2.24, 2.45) is 5.92 Å². The zero-order valence-electron chi connectivity index (χ0n) is 38.4. The lowest BCUT2D eigenvalue weighted by atomic mass is 9.80. The fourth-order valence-electron chi connectivity index (χ4n) is 11.8. The molecule has 2 heterocycles. The van der Waals surface area contributed by atoms with E-state index < -0.39 is 0 Å². The molecule has 0 amide bonds. The number of benzene rings is 9. The number of allylic oxidation sites excluding steroid dienone is 2. The number of rotatable bonds is 8. The highest BCUT2D eigenvalue weighted by Crippen LogP contribution is 2.47. The van der Waals surface area contributed by atoms with Crippen LogP contribution in [0.1, 0.15) is 56.1 Å². The summed E-state index contributed by atoms with van der Waals surface area (Å²) in [5, 5.41) is 7.55. The van der Waals surface area contributed by atoms with Gasteiger partial charge in [-0.1, -0.05) is 196 Å². The van der Waals surface area contributed by atoms with Crippen molar-refractivity contribution in [3.63, 3.8) is 0 Å². The Balaban J connectivity index is 0.945. The summed E-state index contributed by atoms with van der Waals surface area (Å²) in [6, 6.07) is 73.8. The van der Waals surface area contributed by atoms with Gasteiger partial charge in [0.2, 0.25) is 0 Å². The smallest absolute Gasteiger partial charge is 0.143 e. The lowest BCUT2D eigenvalue weighted by molar-refractivity contribution is 0.445. The molecule has 3 nitrogen and oxygen atoms in total. The summed E-state index contributed by atoms with van der Waals surface area (Å²) >= 11 is 0. The summed E-state index contributed by atoms with van der Waals surface area (Å²) in [5.74, 6) is 0.744. The maximum atomic E-state index is 6.57. The molecule has 1 saturated carbocycles. The molecule has 68 heavy (non-hydrogen) atoms. The first-order valence-corrected chi connectivity index (χ1v) is 24.6. The van der Waals surface area contributed by atoms with Crippen LogP contribution in [-0.2, 0) is 0 Å². The maximum absolute atomic E-state index is 6.57. The van der Waals surface area contributed by atoms with Crippen LogP contribution in [-0.4, -0.2) is 10.6 Å². The monoisotopic (exact) mass is 876 g/mol. The molecule has 0 spiro atoms. The number of nitrogens with zero attached hydrogens (tertiary/aromatic N) is 2. The second-order valence-electron chi connectivity index (χ2n) is 19.1. The molecule has 1 fully saturated rings. The standard InChI is InChI=1S/C65H52N2O/c1-43-41-48(52-27-16-29-58-56-25-10-13-32-63(56)68-65(52)58)36-40-59(43)66(61-31-12-9-24-54(61)57-28-15-20-46-19-14-26-51(64(46)57)45-17-4-2-5-18-45)50-37-33-44(34-38-50)47-35-39-55-53-23-8-11-30-60(53)67(62(55)42-47)49-21-6-3-7-22-49/h3,6-16,19-43,45,59H,2,4-5,17-18H2,1H3. The van der Waals surface area contributed by atoms with Gasteiger partial charge in [-0.05, 0) is 112 Å². The molecule has 0 aliphatic heterocycles. The van der Waals surface area contributed by atoms with Crippen LogP contribution >= 0.6 is 0 Å². The van der Waals surface area contributed by atoms with Crippen molar-refractivity contribution in [2.75, 3.05) is 4.90 Å². The number of hydrogen-bond donors (Lipinski definition) is 0. The van der Waals surface area contributed by atoms with Gasteiger partial charge < -0.3 is 13.9 Å². The average Bonchev–Trinajstić information content (AvgIpc) is 3.95. The molecule has 0 radical (unpaired) electrons. The van der Waals surface area contributed by atoms with Gasteiger partial charge in [0.25, 0.3) is 0 Å². The minimum atomic E-state index is 0.0337. The van der Waals surface area contributed by atoms with Crippen LogP contribution in [0.25, 0.3) is 88.0 Å². The van der Waals surface area contributed by atoms with E-state index in [-0.39, 0.29) is 12.0 Å². The first kappa shape index (κ1) is 40.4. The predicted molar refractivity (Wildman–Crippen MR) is 287 cm³/mol. The first-order valence-electron chi connectivity index (χ1n) is 24.6. The summed E-state index contributed by atoms with van der Waals surface area (Å²) < 4.78 is 8.97. The van der Waals surface area contributed by atoms with Crippen LogP contribution in [0.3, 0.4) is 0 Å². The molecule has 3 heteroatoms. The number of furan rings is 1.